The quantitative estimate of drug-likeness (QED) is 0.174. The van der Waals surface area contributed by atoms with Gasteiger partial charge in [0.2, 0.25) is 0 Å². The van der Waals surface area contributed by atoms with Gasteiger partial charge in [-0.2, -0.15) is 0 Å². The molecule has 284 valence electrons. The minimum atomic E-state index is -0.451. The third-order valence-electron chi connectivity index (χ3n) is 8.52. The first kappa shape index (κ1) is 40.1. The molecule has 0 bridgehead atoms. The summed E-state index contributed by atoms with van der Waals surface area (Å²) < 4.78 is 15.3. The van der Waals surface area contributed by atoms with Crippen molar-refractivity contribution in [3.8, 4) is 0 Å². The Labute approximate surface area is 323 Å². The van der Waals surface area contributed by atoms with Gasteiger partial charge in [-0.25, -0.2) is 14.4 Å². The lowest BCUT2D eigenvalue weighted by atomic mass is 10.1. The molecule has 16 heteroatoms. The molecule has 0 atom stereocenters. The molecule has 0 aliphatic carbocycles. The number of methoxy groups -OCH3 is 1. The van der Waals surface area contributed by atoms with Crippen molar-refractivity contribution < 1.29 is 33.4 Å². The molecule has 2 aliphatic heterocycles. The van der Waals surface area contributed by atoms with Crippen LogP contribution in [0.2, 0.25) is 10.0 Å². The maximum atomic E-state index is 13.1. The number of nitrogens with zero attached hydrogens (tertiary/aromatic N) is 6. The summed E-state index contributed by atoms with van der Waals surface area (Å²) in [5, 5.41) is 1.19. The standard InChI is InChI=1S/C19H21ClN4O3.C19H20ClN3O4/c20-15-2-5-17(6-3-15)24(19(26)23-7-9-27-10-8-23)13-16-4-1-14(12-22-16)18(25)11-21;1-26-18(24)14-2-5-16(21-12-14)13-23(17-6-3-15(20)4-7-17)19(25)22-8-10-27-11-9-22/h1-6,12H,7-11,13,21H2;2-7,12H,8-11,13H2,1H3. The summed E-state index contributed by atoms with van der Waals surface area (Å²) in [6.07, 6.45) is 2.93. The third kappa shape index (κ3) is 11.0. The number of hydrogen-bond acceptors (Lipinski definition) is 10. The lowest BCUT2D eigenvalue weighted by Crippen LogP contribution is -2.48. The number of urea groups is 2. The van der Waals surface area contributed by atoms with E-state index in [-0.39, 0.29) is 37.5 Å². The number of anilines is 2. The lowest BCUT2D eigenvalue weighted by Gasteiger charge is -2.33. The highest BCUT2D eigenvalue weighted by Crippen LogP contribution is 2.24. The Bertz CT molecular complexity index is 1720. The maximum Gasteiger partial charge on any atom is 0.339 e. The number of Topliss-reactive ketones (excluding diaryl/α,β-unsaturated/α-hetero) is 1. The molecule has 2 aliphatic rings. The number of carbonyl (C=O) groups is 4. The van der Waals surface area contributed by atoms with E-state index in [2.05, 4.69) is 14.7 Å². The molecule has 4 heterocycles. The number of amides is 4. The maximum absolute atomic E-state index is 13.1. The number of nitrogens with two attached hydrogens (primary N) is 1. The Morgan fingerprint density at radius 2 is 1.07 bits per heavy atom. The first-order chi connectivity index (χ1) is 26.2. The molecule has 0 spiro atoms. The van der Waals surface area contributed by atoms with Gasteiger partial charge in [-0.15, -0.1) is 0 Å². The third-order valence-corrected chi connectivity index (χ3v) is 9.02. The zero-order valence-electron chi connectivity index (χ0n) is 29.7. The minimum Gasteiger partial charge on any atom is -0.465 e. The van der Waals surface area contributed by atoms with Crippen molar-refractivity contribution in [2.75, 3.05) is 76.1 Å². The first-order valence-electron chi connectivity index (χ1n) is 17.2. The van der Waals surface area contributed by atoms with Gasteiger partial charge in [-0.3, -0.25) is 24.6 Å². The number of benzene rings is 2. The van der Waals surface area contributed by atoms with E-state index in [0.717, 1.165) is 11.4 Å². The molecule has 54 heavy (non-hydrogen) atoms. The number of aromatic nitrogens is 2. The molecule has 2 aromatic carbocycles. The van der Waals surface area contributed by atoms with Crippen molar-refractivity contribution in [1.82, 2.24) is 19.8 Å². The predicted octanol–water partition coefficient (Wildman–Crippen LogP) is 5.32. The van der Waals surface area contributed by atoms with Gasteiger partial charge in [0.15, 0.2) is 5.78 Å². The van der Waals surface area contributed by atoms with Gasteiger partial charge in [0, 0.05) is 65.6 Å². The van der Waals surface area contributed by atoms with Gasteiger partial charge < -0.3 is 29.7 Å². The largest absolute Gasteiger partial charge is 0.465 e. The van der Waals surface area contributed by atoms with E-state index in [9.17, 15) is 19.2 Å². The van der Waals surface area contributed by atoms with E-state index < -0.39 is 5.97 Å². The molecule has 6 rings (SSSR count). The second-order valence-corrected chi connectivity index (χ2v) is 13.0. The van der Waals surface area contributed by atoms with Gasteiger partial charge in [0.05, 0.1) is 70.1 Å². The second-order valence-electron chi connectivity index (χ2n) is 12.1. The van der Waals surface area contributed by atoms with E-state index >= 15 is 0 Å². The summed E-state index contributed by atoms with van der Waals surface area (Å²) >= 11 is 12.0. The highest BCUT2D eigenvalue weighted by molar-refractivity contribution is 6.31. The van der Waals surface area contributed by atoms with Crippen molar-refractivity contribution in [3.63, 3.8) is 0 Å². The van der Waals surface area contributed by atoms with E-state index in [1.165, 1.54) is 19.5 Å². The van der Waals surface area contributed by atoms with Crippen LogP contribution in [0.5, 0.6) is 0 Å². The lowest BCUT2D eigenvalue weighted by molar-refractivity contribution is 0.0548. The summed E-state index contributed by atoms with van der Waals surface area (Å²) in [4.78, 5) is 64.8. The molecular weight excluding hydrogens is 737 g/mol. The molecular formula is C38H41Cl2N7O7. The van der Waals surface area contributed by atoms with Crippen LogP contribution in [0.1, 0.15) is 32.1 Å². The van der Waals surface area contributed by atoms with Crippen LogP contribution in [-0.4, -0.2) is 110 Å². The van der Waals surface area contributed by atoms with Gasteiger partial charge in [-0.1, -0.05) is 23.2 Å². The Morgan fingerprint density at radius 1 is 0.667 bits per heavy atom. The molecule has 2 N–H and O–H groups in total. The Balaban J connectivity index is 0.000000208. The first-order valence-corrected chi connectivity index (χ1v) is 17.9. The van der Waals surface area contributed by atoms with Gasteiger partial charge in [-0.05, 0) is 72.8 Å². The predicted molar refractivity (Wildman–Crippen MR) is 204 cm³/mol. The Kier molecular flexibility index (Phi) is 14.7. The normalized spacial score (nSPS) is 14.0. The highest BCUT2D eigenvalue weighted by atomic mass is 35.5. The van der Waals surface area contributed by atoms with E-state index in [0.29, 0.717) is 85.2 Å². The van der Waals surface area contributed by atoms with Gasteiger partial charge >= 0.3 is 18.0 Å². The number of pyridine rings is 2. The van der Waals surface area contributed by atoms with Crippen LogP contribution in [-0.2, 0) is 27.3 Å². The molecule has 0 radical (unpaired) electrons. The molecule has 2 aromatic heterocycles. The van der Waals surface area contributed by atoms with Crippen LogP contribution in [0.4, 0.5) is 21.0 Å². The summed E-state index contributed by atoms with van der Waals surface area (Å²) in [6.45, 7) is 4.72. The van der Waals surface area contributed by atoms with Crippen molar-refractivity contribution in [2.24, 2.45) is 5.73 Å². The molecule has 0 saturated carbocycles. The number of hydrogen-bond donors (Lipinski definition) is 1. The number of morpholine rings is 2. The monoisotopic (exact) mass is 777 g/mol. The van der Waals surface area contributed by atoms with Crippen LogP contribution in [0.3, 0.4) is 0 Å². The molecule has 4 amide bonds. The molecule has 2 saturated heterocycles. The van der Waals surface area contributed by atoms with Crippen LogP contribution in [0.25, 0.3) is 0 Å². The van der Waals surface area contributed by atoms with Crippen LogP contribution >= 0.6 is 23.2 Å². The fourth-order valence-electron chi connectivity index (χ4n) is 5.51. The van der Waals surface area contributed by atoms with Crippen LogP contribution < -0.4 is 15.5 Å². The SMILES string of the molecule is COC(=O)c1ccc(CN(C(=O)N2CCOCC2)c2ccc(Cl)cc2)nc1.NCC(=O)c1ccc(CN(C(=O)N2CCOCC2)c2ccc(Cl)cc2)nc1. The summed E-state index contributed by atoms with van der Waals surface area (Å²) in [6, 6.07) is 20.7. The zero-order chi connectivity index (χ0) is 38.5. The smallest absolute Gasteiger partial charge is 0.339 e. The molecule has 0 unspecified atom stereocenters. The van der Waals surface area contributed by atoms with Crippen molar-refractivity contribution in [3.05, 3.63) is 118 Å². The molecule has 4 aromatic rings. The molecule has 14 nitrogen and oxygen atoms in total. The van der Waals surface area contributed by atoms with Gasteiger partial charge in [0.25, 0.3) is 0 Å². The van der Waals surface area contributed by atoms with Crippen molar-refractivity contribution in [1.29, 1.82) is 0 Å². The number of carbonyl (C=O) groups excluding carboxylic acids is 4. The summed E-state index contributed by atoms with van der Waals surface area (Å²) in [5.41, 5.74) is 8.95. The summed E-state index contributed by atoms with van der Waals surface area (Å²) in [7, 11) is 1.32. The number of ketones is 1. The fraction of sp³-hybridized carbons (Fsp3) is 0.316. The van der Waals surface area contributed by atoms with Crippen molar-refractivity contribution >= 4 is 58.4 Å². The fourth-order valence-corrected chi connectivity index (χ4v) is 5.76. The minimum absolute atomic E-state index is 0.0621. The Morgan fingerprint density at radius 3 is 1.43 bits per heavy atom. The number of esters is 1. The topological polar surface area (TPSA) is 161 Å². The number of rotatable bonds is 9. The van der Waals surface area contributed by atoms with E-state index in [1.807, 2.05) is 0 Å². The van der Waals surface area contributed by atoms with Crippen LogP contribution in [0, 0.1) is 0 Å². The van der Waals surface area contributed by atoms with Crippen LogP contribution in [0.15, 0.2) is 85.2 Å². The van der Waals surface area contributed by atoms with Gasteiger partial charge in [0.1, 0.15) is 0 Å². The molecule has 2 fully saturated rings. The highest BCUT2D eigenvalue weighted by Gasteiger charge is 2.26. The number of halogens is 2. The zero-order valence-corrected chi connectivity index (χ0v) is 31.2. The number of ether oxygens (including phenoxy) is 3. The average Bonchev–Trinajstić information content (AvgIpc) is 3.23. The van der Waals surface area contributed by atoms with E-state index in [4.69, 9.17) is 38.4 Å². The Hall–Kier alpha value is -5.12. The average molecular weight is 779 g/mol. The second kappa shape index (κ2) is 19.8. The van der Waals surface area contributed by atoms with E-state index in [1.54, 1.807) is 92.4 Å². The summed E-state index contributed by atoms with van der Waals surface area (Å²) in [5.74, 6) is -0.624. The van der Waals surface area contributed by atoms with Crippen molar-refractivity contribution in [2.45, 2.75) is 13.1 Å².